The Bertz CT molecular complexity index is 330. The zero-order valence-electron chi connectivity index (χ0n) is 14.8. The average Bonchev–Trinajstić information content (AvgIpc) is 2.41. The molecule has 0 amide bonds. The molecule has 0 rings (SSSR count). The van der Waals surface area contributed by atoms with Crippen LogP contribution in [0.4, 0.5) is 0 Å². The predicted octanol–water partition coefficient (Wildman–Crippen LogP) is 3.45. The van der Waals surface area contributed by atoms with E-state index in [2.05, 4.69) is 6.92 Å². The van der Waals surface area contributed by atoms with Crippen LogP contribution in [0.3, 0.4) is 0 Å². The van der Waals surface area contributed by atoms with Crippen molar-refractivity contribution in [3.8, 4) is 0 Å². The number of esters is 1. The highest BCUT2D eigenvalue weighted by atomic mass is 16.5. The number of hydrogen-bond donors (Lipinski definition) is 0. The van der Waals surface area contributed by atoms with Crippen molar-refractivity contribution in [1.29, 1.82) is 0 Å². The van der Waals surface area contributed by atoms with Crippen LogP contribution in [-0.4, -0.2) is 39.0 Å². The van der Waals surface area contributed by atoms with Gasteiger partial charge in [0.1, 0.15) is 0 Å². The van der Waals surface area contributed by atoms with E-state index in [1.165, 1.54) is 0 Å². The van der Waals surface area contributed by atoms with E-state index < -0.39 is 5.41 Å². The topological polar surface area (TPSA) is 44.8 Å². The van der Waals surface area contributed by atoms with Gasteiger partial charge in [0.15, 0.2) is 0 Å². The van der Waals surface area contributed by atoms with E-state index in [4.69, 9.17) is 14.2 Å². The Kier molecular flexibility index (Phi) is 8.83. The number of carbonyl (C=O) groups is 1. The fraction of sp³-hybridized carbons (Fsp3) is 0.824. The van der Waals surface area contributed by atoms with Gasteiger partial charge in [-0.2, -0.15) is 0 Å². The number of rotatable bonds is 8. The maximum absolute atomic E-state index is 11.8. The van der Waals surface area contributed by atoms with Gasteiger partial charge in [-0.05, 0) is 27.7 Å². The van der Waals surface area contributed by atoms with E-state index in [0.29, 0.717) is 6.61 Å². The van der Waals surface area contributed by atoms with Gasteiger partial charge in [-0.3, -0.25) is 4.79 Å². The highest BCUT2D eigenvalue weighted by molar-refractivity contribution is 5.75. The summed E-state index contributed by atoms with van der Waals surface area (Å²) in [5, 5.41) is 0. The molecule has 0 bridgehead atoms. The van der Waals surface area contributed by atoms with E-state index in [1.54, 1.807) is 14.2 Å². The maximum Gasteiger partial charge on any atom is 0.311 e. The van der Waals surface area contributed by atoms with Crippen LogP contribution < -0.4 is 0 Å². The molecule has 0 fully saturated rings. The quantitative estimate of drug-likeness (QED) is 0.509. The van der Waals surface area contributed by atoms with Crippen molar-refractivity contribution in [3.05, 3.63) is 12.2 Å². The first kappa shape index (κ1) is 20.1. The lowest BCUT2D eigenvalue weighted by atomic mass is 9.89. The van der Waals surface area contributed by atoms with Crippen LogP contribution in [0.1, 0.15) is 41.5 Å². The van der Waals surface area contributed by atoms with Crippen LogP contribution in [0, 0.1) is 17.3 Å². The van der Waals surface area contributed by atoms with Crippen molar-refractivity contribution < 1.29 is 19.0 Å². The standard InChI is InChI=1S/C17H32O4/c1-9-10-14(19-7)13(3)15(20-8)12(2)11-21-16(18)17(4,5)6/h9-10,12-15H,11H2,1-8H3. The van der Waals surface area contributed by atoms with Gasteiger partial charge < -0.3 is 14.2 Å². The molecule has 0 N–H and O–H groups in total. The second kappa shape index (κ2) is 9.21. The van der Waals surface area contributed by atoms with Crippen molar-refractivity contribution in [3.63, 3.8) is 0 Å². The molecule has 0 aromatic heterocycles. The van der Waals surface area contributed by atoms with Crippen LogP contribution in [0.25, 0.3) is 0 Å². The summed E-state index contributed by atoms with van der Waals surface area (Å²) in [6.07, 6.45) is 3.94. The Morgan fingerprint density at radius 2 is 1.71 bits per heavy atom. The van der Waals surface area contributed by atoms with Gasteiger partial charge in [0.25, 0.3) is 0 Å². The summed E-state index contributed by atoms with van der Waals surface area (Å²) in [4.78, 5) is 11.8. The Morgan fingerprint density at radius 1 is 1.14 bits per heavy atom. The normalized spacial score (nSPS) is 18.3. The van der Waals surface area contributed by atoms with Gasteiger partial charge in [-0.15, -0.1) is 0 Å². The molecular formula is C17H32O4. The van der Waals surface area contributed by atoms with Crippen LogP contribution in [0.5, 0.6) is 0 Å². The molecule has 0 saturated carbocycles. The second-order valence-corrected chi connectivity index (χ2v) is 6.61. The molecule has 0 aromatic carbocycles. The fourth-order valence-corrected chi connectivity index (χ4v) is 2.33. The molecule has 4 heteroatoms. The van der Waals surface area contributed by atoms with Crippen LogP contribution in [0.2, 0.25) is 0 Å². The summed E-state index contributed by atoms with van der Waals surface area (Å²) in [7, 11) is 3.38. The van der Waals surface area contributed by atoms with Crippen LogP contribution in [-0.2, 0) is 19.0 Å². The summed E-state index contributed by atoms with van der Waals surface area (Å²) in [6.45, 7) is 12.0. The molecule has 0 radical (unpaired) electrons. The van der Waals surface area contributed by atoms with Crippen molar-refractivity contribution in [2.24, 2.45) is 17.3 Å². The third kappa shape index (κ3) is 6.62. The van der Waals surface area contributed by atoms with E-state index in [9.17, 15) is 4.79 Å². The van der Waals surface area contributed by atoms with Crippen molar-refractivity contribution in [2.75, 3.05) is 20.8 Å². The summed E-state index contributed by atoms with van der Waals surface area (Å²) in [5.74, 6) is 0.0762. The summed E-state index contributed by atoms with van der Waals surface area (Å²) >= 11 is 0. The lowest BCUT2D eigenvalue weighted by molar-refractivity contribution is -0.156. The van der Waals surface area contributed by atoms with Gasteiger partial charge >= 0.3 is 5.97 Å². The summed E-state index contributed by atoms with van der Waals surface area (Å²) in [6, 6.07) is 0. The highest BCUT2D eigenvalue weighted by Crippen LogP contribution is 2.23. The van der Waals surface area contributed by atoms with Gasteiger partial charge in [0, 0.05) is 26.1 Å². The van der Waals surface area contributed by atoms with E-state index in [0.717, 1.165) is 0 Å². The Labute approximate surface area is 129 Å². The number of methoxy groups -OCH3 is 2. The van der Waals surface area contributed by atoms with Crippen molar-refractivity contribution in [1.82, 2.24) is 0 Å². The SMILES string of the molecule is CC=CC(OC)C(C)C(OC)C(C)COC(=O)C(C)(C)C. The molecule has 4 nitrogen and oxygen atoms in total. The average molecular weight is 300 g/mol. The zero-order chi connectivity index (χ0) is 16.6. The molecule has 0 spiro atoms. The third-order valence-electron chi connectivity index (χ3n) is 3.61. The number of allylic oxidation sites excluding steroid dienone is 1. The molecule has 0 aliphatic carbocycles. The maximum atomic E-state index is 11.8. The number of ether oxygens (including phenoxy) is 3. The molecular weight excluding hydrogens is 268 g/mol. The molecule has 0 aliphatic rings. The molecule has 0 heterocycles. The summed E-state index contributed by atoms with van der Waals surface area (Å²) in [5.41, 5.74) is -0.478. The first-order valence-electron chi connectivity index (χ1n) is 7.54. The molecule has 4 atom stereocenters. The lowest BCUT2D eigenvalue weighted by Crippen LogP contribution is -2.38. The minimum Gasteiger partial charge on any atom is -0.465 e. The van der Waals surface area contributed by atoms with Crippen molar-refractivity contribution in [2.45, 2.75) is 53.8 Å². The molecule has 0 saturated heterocycles. The monoisotopic (exact) mass is 300 g/mol. The number of carbonyl (C=O) groups excluding carboxylic acids is 1. The minimum absolute atomic E-state index is 0.0132. The Hall–Kier alpha value is -0.870. The van der Waals surface area contributed by atoms with Gasteiger partial charge in [-0.25, -0.2) is 0 Å². The summed E-state index contributed by atoms with van der Waals surface area (Å²) < 4.78 is 16.5. The molecule has 0 aliphatic heterocycles. The van der Waals surface area contributed by atoms with Crippen molar-refractivity contribution >= 4 is 5.97 Å². The van der Waals surface area contributed by atoms with E-state index in [-0.39, 0.29) is 30.0 Å². The highest BCUT2D eigenvalue weighted by Gasteiger charge is 2.31. The largest absolute Gasteiger partial charge is 0.465 e. The molecule has 21 heavy (non-hydrogen) atoms. The Balaban J connectivity index is 4.68. The van der Waals surface area contributed by atoms with Gasteiger partial charge in [0.2, 0.25) is 0 Å². The first-order chi connectivity index (χ1) is 9.68. The van der Waals surface area contributed by atoms with Gasteiger partial charge in [0.05, 0.1) is 24.2 Å². The van der Waals surface area contributed by atoms with Crippen LogP contribution >= 0.6 is 0 Å². The Morgan fingerprint density at radius 3 is 2.10 bits per heavy atom. The van der Waals surface area contributed by atoms with E-state index >= 15 is 0 Å². The fourth-order valence-electron chi connectivity index (χ4n) is 2.33. The lowest BCUT2D eigenvalue weighted by Gasteiger charge is -2.32. The third-order valence-corrected chi connectivity index (χ3v) is 3.61. The smallest absolute Gasteiger partial charge is 0.311 e. The first-order valence-corrected chi connectivity index (χ1v) is 7.54. The molecule has 4 unspecified atom stereocenters. The molecule has 0 aromatic rings. The van der Waals surface area contributed by atoms with Gasteiger partial charge in [-0.1, -0.05) is 26.0 Å². The second-order valence-electron chi connectivity index (χ2n) is 6.61. The predicted molar refractivity (Wildman–Crippen MR) is 85.2 cm³/mol. The van der Waals surface area contributed by atoms with Crippen LogP contribution in [0.15, 0.2) is 12.2 Å². The zero-order valence-corrected chi connectivity index (χ0v) is 14.8. The molecule has 124 valence electrons. The minimum atomic E-state index is -0.478. The number of hydrogen-bond acceptors (Lipinski definition) is 4. The van der Waals surface area contributed by atoms with E-state index in [1.807, 2.05) is 46.8 Å².